The highest BCUT2D eigenvalue weighted by atomic mass is 32.2. The van der Waals surface area contributed by atoms with E-state index in [0.717, 1.165) is 23.0 Å². The van der Waals surface area contributed by atoms with Gasteiger partial charge in [-0.2, -0.15) is 0 Å². The van der Waals surface area contributed by atoms with E-state index in [2.05, 4.69) is 15.2 Å². The first kappa shape index (κ1) is 19.4. The Morgan fingerprint density at radius 2 is 1.93 bits per heavy atom. The van der Waals surface area contributed by atoms with Gasteiger partial charge in [0.05, 0.1) is 10.6 Å². The maximum atomic E-state index is 12.5. The molecule has 3 heterocycles. The summed E-state index contributed by atoms with van der Waals surface area (Å²) in [4.78, 5) is 33.8. The van der Waals surface area contributed by atoms with Gasteiger partial charge in [0.25, 0.3) is 5.91 Å². The van der Waals surface area contributed by atoms with E-state index in [9.17, 15) is 9.59 Å². The molecule has 1 saturated heterocycles. The summed E-state index contributed by atoms with van der Waals surface area (Å²) < 4.78 is 0. The molecule has 0 unspecified atom stereocenters. The third-order valence-corrected chi connectivity index (χ3v) is 7.13. The van der Waals surface area contributed by atoms with E-state index < -0.39 is 0 Å². The first-order chi connectivity index (χ1) is 13.7. The van der Waals surface area contributed by atoms with Crippen LogP contribution in [0.4, 0.5) is 0 Å². The lowest BCUT2D eigenvalue weighted by atomic mass is 10.0. The van der Waals surface area contributed by atoms with Gasteiger partial charge in [-0.3, -0.25) is 14.7 Å². The van der Waals surface area contributed by atoms with Crippen LogP contribution in [0.25, 0.3) is 0 Å². The molecular weight excluding hydrogens is 394 g/mol. The molecule has 2 aromatic heterocycles. The van der Waals surface area contributed by atoms with Crippen molar-refractivity contribution in [3.8, 4) is 0 Å². The van der Waals surface area contributed by atoms with Crippen molar-refractivity contribution in [3.63, 3.8) is 0 Å². The molecule has 9 heteroatoms. The average molecular weight is 420 g/mol. The molecule has 2 amide bonds. The van der Waals surface area contributed by atoms with Gasteiger partial charge >= 0.3 is 0 Å². The molecule has 0 radical (unpaired) electrons. The minimum Gasteiger partial charge on any atom is -0.338 e. The summed E-state index contributed by atoms with van der Waals surface area (Å²) >= 11 is 2.84. The minimum atomic E-state index is 0.0620. The Balaban J connectivity index is 1.20. The Labute approximate surface area is 172 Å². The van der Waals surface area contributed by atoms with Gasteiger partial charge in [-0.1, -0.05) is 43.5 Å². The normalized spacial score (nSPS) is 18.0. The molecule has 4 rings (SSSR count). The molecule has 0 bridgehead atoms. The number of aromatic amines is 1. The maximum Gasteiger partial charge on any atom is 0.264 e. The molecule has 150 valence electrons. The Morgan fingerprint density at radius 3 is 2.64 bits per heavy atom. The number of thiophene rings is 1. The van der Waals surface area contributed by atoms with E-state index in [1.165, 1.54) is 48.8 Å². The van der Waals surface area contributed by atoms with E-state index in [1.54, 1.807) is 0 Å². The topological polar surface area (TPSA) is 82.2 Å². The van der Waals surface area contributed by atoms with Crippen LogP contribution in [0.3, 0.4) is 0 Å². The number of carbonyl (C=O) groups is 2. The zero-order chi connectivity index (χ0) is 19.3. The first-order valence-corrected chi connectivity index (χ1v) is 11.7. The van der Waals surface area contributed by atoms with Crippen molar-refractivity contribution in [3.05, 3.63) is 28.2 Å². The highest BCUT2D eigenvalue weighted by Gasteiger charge is 2.25. The second-order valence-corrected chi connectivity index (χ2v) is 9.25. The number of rotatable bonds is 6. The van der Waals surface area contributed by atoms with E-state index in [4.69, 9.17) is 0 Å². The monoisotopic (exact) mass is 419 g/mol. The molecule has 2 aliphatic rings. The lowest BCUT2D eigenvalue weighted by molar-refractivity contribution is -0.129. The number of amides is 2. The second kappa shape index (κ2) is 9.09. The van der Waals surface area contributed by atoms with Crippen molar-refractivity contribution in [2.75, 3.05) is 31.9 Å². The highest BCUT2D eigenvalue weighted by molar-refractivity contribution is 7.99. The van der Waals surface area contributed by atoms with Crippen molar-refractivity contribution in [2.45, 2.75) is 37.3 Å². The largest absolute Gasteiger partial charge is 0.338 e. The predicted molar refractivity (Wildman–Crippen MR) is 110 cm³/mol. The Bertz CT molecular complexity index is 793. The summed E-state index contributed by atoms with van der Waals surface area (Å²) in [5, 5.41) is 9.82. The molecule has 1 aliphatic heterocycles. The Morgan fingerprint density at radius 1 is 1.18 bits per heavy atom. The third-order valence-electron chi connectivity index (χ3n) is 5.44. The standard InChI is InChI=1S/C19H25N5O2S2/c25-17(13-28-19-20-16(21-22-19)12-14-4-1-2-5-14)23-7-9-24(10-8-23)18(26)15-6-3-11-27-15/h3,6,11,14H,1-2,4-5,7-10,12-13H2,(H,20,21,22). The van der Waals surface area contributed by atoms with Gasteiger partial charge in [-0.05, 0) is 17.4 Å². The lowest BCUT2D eigenvalue weighted by Crippen LogP contribution is -2.51. The van der Waals surface area contributed by atoms with E-state index in [-0.39, 0.29) is 11.8 Å². The van der Waals surface area contributed by atoms with Gasteiger partial charge < -0.3 is 9.80 Å². The van der Waals surface area contributed by atoms with Crippen LogP contribution in [0, 0.1) is 5.92 Å². The van der Waals surface area contributed by atoms with Crippen LogP contribution < -0.4 is 0 Å². The Kier molecular flexibility index (Phi) is 6.31. The van der Waals surface area contributed by atoms with Crippen LogP contribution in [0.2, 0.25) is 0 Å². The number of nitrogens with zero attached hydrogens (tertiary/aromatic N) is 4. The van der Waals surface area contributed by atoms with Gasteiger partial charge in [-0.15, -0.1) is 16.4 Å². The van der Waals surface area contributed by atoms with Gasteiger partial charge in [0.1, 0.15) is 5.82 Å². The summed E-state index contributed by atoms with van der Waals surface area (Å²) in [6, 6.07) is 3.73. The summed E-state index contributed by atoms with van der Waals surface area (Å²) in [6.07, 6.45) is 6.16. The number of hydrogen-bond donors (Lipinski definition) is 1. The van der Waals surface area contributed by atoms with Gasteiger partial charge in [-0.25, -0.2) is 4.98 Å². The van der Waals surface area contributed by atoms with Crippen molar-refractivity contribution >= 4 is 34.9 Å². The predicted octanol–water partition coefficient (Wildman–Crippen LogP) is 2.68. The fourth-order valence-corrected chi connectivity index (χ4v) is 5.27. The molecule has 0 atom stereocenters. The van der Waals surface area contributed by atoms with E-state index in [0.29, 0.717) is 37.1 Å². The fourth-order valence-electron chi connectivity index (χ4n) is 3.85. The number of thioether (sulfide) groups is 1. The smallest absolute Gasteiger partial charge is 0.264 e. The molecule has 0 aromatic carbocycles. The quantitative estimate of drug-likeness (QED) is 0.728. The summed E-state index contributed by atoms with van der Waals surface area (Å²) in [5.41, 5.74) is 0. The van der Waals surface area contributed by atoms with Crippen LogP contribution in [0.5, 0.6) is 0 Å². The van der Waals surface area contributed by atoms with E-state index in [1.807, 2.05) is 27.3 Å². The molecule has 2 aromatic rings. The molecular formula is C19H25N5O2S2. The summed E-state index contributed by atoms with van der Waals surface area (Å²) in [7, 11) is 0. The zero-order valence-electron chi connectivity index (χ0n) is 15.8. The van der Waals surface area contributed by atoms with Gasteiger partial charge in [0, 0.05) is 32.6 Å². The number of carbonyl (C=O) groups excluding carboxylic acids is 2. The number of piperazine rings is 1. The molecule has 1 aliphatic carbocycles. The Hall–Kier alpha value is -1.87. The number of H-pyrrole nitrogens is 1. The van der Waals surface area contributed by atoms with Crippen molar-refractivity contribution in [1.29, 1.82) is 0 Å². The zero-order valence-corrected chi connectivity index (χ0v) is 17.4. The van der Waals surface area contributed by atoms with Crippen LogP contribution >= 0.6 is 23.1 Å². The van der Waals surface area contributed by atoms with Gasteiger partial charge in [0.15, 0.2) is 0 Å². The molecule has 1 saturated carbocycles. The van der Waals surface area contributed by atoms with Crippen molar-refractivity contribution < 1.29 is 9.59 Å². The summed E-state index contributed by atoms with van der Waals surface area (Å²) in [5.74, 6) is 2.13. The average Bonchev–Trinajstić information content (AvgIpc) is 3.49. The van der Waals surface area contributed by atoms with Crippen LogP contribution in [-0.4, -0.2) is 68.7 Å². The molecule has 7 nitrogen and oxygen atoms in total. The molecule has 1 N–H and O–H groups in total. The fraction of sp³-hybridized carbons (Fsp3) is 0.579. The van der Waals surface area contributed by atoms with Crippen LogP contribution in [0.15, 0.2) is 22.7 Å². The first-order valence-electron chi connectivity index (χ1n) is 9.83. The number of hydrogen-bond acceptors (Lipinski definition) is 6. The lowest BCUT2D eigenvalue weighted by Gasteiger charge is -2.34. The van der Waals surface area contributed by atoms with Crippen LogP contribution in [0.1, 0.15) is 41.2 Å². The highest BCUT2D eigenvalue weighted by Crippen LogP contribution is 2.27. The maximum absolute atomic E-state index is 12.5. The SMILES string of the molecule is O=C(CSc1n[nH]c(CC2CCCC2)n1)N1CCN(C(=O)c2cccs2)CC1. The van der Waals surface area contributed by atoms with Gasteiger partial charge in [0.2, 0.25) is 11.1 Å². The van der Waals surface area contributed by atoms with E-state index >= 15 is 0 Å². The number of nitrogens with one attached hydrogen (secondary N) is 1. The molecule has 28 heavy (non-hydrogen) atoms. The minimum absolute atomic E-state index is 0.0620. The molecule has 2 fully saturated rings. The molecule has 0 spiro atoms. The number of aromatic nitrogens is 3. The second-order valence-electron chi connectivity index (χ2n) is 7.36. The summed E-state index contributed by atoms with van der Waals surface area (Å²) in [6.45, 7) is 2.33. The third kappa shape index (κ3) is 4.75. The van der Waals surface area contributed by atoms with Crippen molar-refractivity contribution in [2.24, 2.45) is 5.92 Å². The van der Waals surface area contributed by atoms with Crippen molar-refractivity contribution in [1.82, 2.24) is 25.0 Å². The van der Waals surface area contributed by atoms with Crippen LogP contribution in [-0.2, 0) is 11.2 Å².